The Morgan fingerprint density at radius 3 is 2.46 bits per heavy atom. The Balaban J connectivity index is 2.24. The molecule has 0 saturated carbocycles. The zero-order valence-corrected chi connectivity index (χ0v) is 16.4. The first-order valence-electron chi connectivity index (χ1n) is 7.47. The largest absolute Gasteiger partial charge is 0.480 e. The minimum atomic E-state index is -4.15. The van der Waals surface area contributed by atoms with Crippen molar-refractivity contribution >= 4 is 60.0 Å². The number of carboxylic acids is 1. The molecule has 0 unspecified atom stereocenters. The molecule has 0 radical (unpaired) electrons. The summed E-state index contributed by atoms with van der Waals surface area (Å²) in [6.07, 6.45) is 0. The summed E-state index contributed by atoms with van der Waals surface area (Å²) in [6, 6.07) is 16.5. The second-order valence-corrected chi connectivity index (χ2v) is 8.72. The Kier molecular flexibility index (Phi) is 5.22. The summed E-state index contributed by atoms with van der Waals surface area (Å²) >= 11 is 9.20. The Morgan fingerprint density at radius 1 is 1.08 bits per heavy atom. The van der Waals surface area contributed by atoms with Crippen molar-refractivity contribution in [2.24, 2.45) is 0 Å². The first kappa shape index (κ1) is 18.7. The van der Waals surface area contributed by atoms with Gasteiger partial charge in [0.2, 0.25) is 0 Å². The van der Waals surface area contributed by atoms with Crippen LogP contribution >= 0.6 is 27.5 Å². The van der Waals surface area contributed by atoms with Gasteiger partial charge in [-0.1, -0.05) is 63.9 Å². The molecular weight excluding hydrogens is 442 g/mol. The highest BCUT2D eigenvalue weighted by Gasteiger charge is 2.28. The molecule has 3 rings (SSSR count). The van der Waals surface area contributed by atoms with E-state index in [1.54, 1.807) is 30.3 Å². The number of rotatable bonds is 5. The van der Waals surface area contributed by atoms with Gasteiger partial charge in [0.1, 0.15) is 6.54 Å². The van der Waals surface area contributed by atoms with Crippen molar-refractivity contribution in [3.8, 4) is 0 Å². The van der Waals surface area contributed by atoms with E-state index in [2.05, 4.69) is 15.9 Å². The van der Waals surface area contributed by atoms with Gasteiger partial charge in [0.05, 0.1) is 10.6 Å². The number of hydrogen-bond acceptors (Lipinski definition) is 3. The summed E-state index contributed by atoms with van der Waals surface area (Å²) in [4.78, 5) is 11.3. The average Bonchev–Trinajstić information content (AvgIpc) is 2.58. The van der Waals surface area contributed by atoms with Gasteiger partial charge in [0.15, 0.2) is 0 Å². The lowest BCUT2D eigenvalue weighted by atomic mass is 10.1. The highest BCUT2D eigenvalue weighted by molar-refractivity contribution is 9.10. The Labute approximate surface area is 164 Å². The highest BCUT2D eigenvalue weighted by atomic mass is 79.9. The molecule has 5 nitrogen and oxygen atoms in total. The molecule has 0 aromatic heterocycles. The molecule has 0 aliphatic heterocycles. The van der Waals surface area contributed by atoms with Crippen LogP contribution in [0.4, 0.5) is 5.69 Å². The molecule has 26 heavy (non-hydrogen) atoms. The van der Waals surface area contributed by atoms with Gasteiger partial charge in [0, 0.05) is 14.9 Å². The smallest absolute Gasteiger partial charge is 0.324 e. The number of anilines is 1. The van der Waals surface area contributed by atoms with E-state index in [0.717, 1.165) is 9.69 Å². The van der Waals surface area contributed by atoms with Crippen molar-refractivity contribution in [1.29, 1.82) is 0 Å². The number of hydrogen-bond donors (Lipinski definition) is 1. The van der Waals surface area contributed by atoms with Crippen molar-refractivity contribution in [1.82, 2.24) is 0 Å². The fourth-order valence-electron chi connectivity index (χ4n) is 2.65. The van der Waals surface area contributed by atoms with Crippen molar-refractivity contribution in [3.63, 3.8) is 0 Å². The summed E-state index contributed by atoms with van der Waals surface area (Å²) in [5, 5.41) is 11.0. The quantitative estimate of drug-likeness (QED) is 0.614. The lowest BCUT2D eigenvalue weighted by Gasteiger charge is -2.24. The standard InChI is InChI=1S/C18H13BrClNO4S/c19-13-8-14(20)10-15(9-13)26(24,25)21(11-18(22)23)17-7-3-5-12-4-1-2-6-16(12)17/h1-10H,11H2,(H,22,23). The van der Waals surface area contributed by atoms with Crippen LogP contribution in [0.3, 0.4) is 0 Å². The monoisotopic (exact) mass is 453 g/mol. The second-order valence-electron chi connectivity index (χ2n) is 5.51. The molecule has 0 amide bonds. The first-order chi connectivity index (χ1) is 12.3. The van der Waals surface area contributed by atoms with Gasteiger partial charge in [0.25, 0.3) is 10.0 Å². The predicted molar refractivity (Wildman–Crippen MR) is 105 cm³/mol. The van der Waals surface area contributed by atoms with E-state index < -0.39 is 22.5 Å². The summed E-state index contributed by atoms with van der Waals surface area (Å²) in [5.74, 6) is -1.26. The van der Waals surface area contributed by atoms with Crippen molar-refractivity contribution in [2.75, 3.05) is 10.8 Å². The predicted octanol–water partition coefficient (Wildman–Crippen LogP) is 4.54. The lowest BCUT2D eigenvalue weighted by Crippen LogP contribution is -2.36. The number of carbonyl (C=O) groups is 1. The van der Waals surface area contributed by atoms with E-state index in [0.29, 0.717) is 15.5 Å². The lowest BCUT2D eigenvalue weighted by molar-refractivity contribution is -0.135. The fourth-order valence-corrected chi connectivity index (χ4v) is 5.23. The minimum absolute atomic E-state index is 0.0916. The summed E-state index contributed by atoms with van der Waals surface area (Å²) in [5.41, 5.74) is 0.293. The van der Waals surface area contributed by atoms with Gasteiger partial charge in [-0.05, 0) is 29.7 Å². The summed E-state index contributed by atoms with van der Waals surface area (Å²) in [7, 11) is -4.15. The number of carboxylic acid groups (broad SMARTS) is 1. The van der Waals surface area contributed by atoms with Gasteiger partial charge in [-0.25, -0.2) is 8.42 Å². The number of benzene rings is 3. The number of fused-ring (bicyclic) bond motifs is 1. The molecule has 0 bridgehead atoms. The SMILES string of the molecule is O=C(O)CN(c1cccc2ccccc12)S(=O)(=O)c1cc(Cl)cc(Br)c1. The molecule has 3 aromatic carbocycles. The first-order valence-corrected chi connectivity index (χ1v) is 10.1. The van der Waals surface area contributed by atoms with E-state index >= 15 is 0 Å². The number of nitrogens with zero attached hydrogens (tertiary/aromatic N) is 1. The van der Waals surface area contributed by atoms with Crippen LogP contribution in [0.25, 0.3) is 10.8 Å². The van der Waals surface area contributed by atoms with Crippen LogP contribution in [0.1, 0.15) is 0 Å². The van der Waals surface area contributed by atoms with Crippen LogP contribution < -0.4 is 4.31 Å². The van der Waals surface area contributed by atoms with Gasteiger partial charge in [-0.2, -0.15) is 0 Å². The zero-order chi connectivity index (χ0) is 18.9. The maximum atomic E-state index is 13.2. The van der Waals surface area contributed by atoms with E-state index in [1.165, 1.54) is 12.1 Å². The maximum absolute atomic E-state index is 13.2. The van der Waals surface area contributed by atoms with Crippen molar-refractivity contribution < 1.29 is 18.3 Å². The van der Waals surface area contributed by atoms with Crippen LogP contribution in [0.15, 0.2) is 70.0 Å². The Bertz CT molecular complexity index is 1080. The van der Waals surface area contributed by atoms with Gasteiger partial charge < -0.3 is 5.11 Å². The molecule has 134 valence electrons. The number of sulfonamides is 1. The van der Waals surface area contributed by atoms with Gasteiger partial charge in [-0.3, -0.25) is 9.10 Å². The van der Waals surface area contributed by atoms with E-state index in [1.807, 2.05) is 18.2 Å². The van der Waals surface area contributed by atoms with Gasteiger partial charge in [-0.15, -0.1) is 0 Å². The van der Waals surface area contributed by atoms with E-state index in [-0.39, 0.29) is 9.92 Å². The van der Waals surface area contributed by atoms with E-state index in [4.69, 9.17) is 11.6 Å². The van der Waals surface area contributed by atoms with Crippen LogP contribution in [0, 0.1) is 0 Å². The molecule has 1 N–H and O–H groups in total. The third-order valence-electron chi connectivity index (χ3n) is 3.74. The van der Waals surface area contributed by atoms with Crippen molar-refractivity contribution in [2.45, 2.75) is 4.90 Å². The Hall–Kier alpha value is -2.09. The molecule has 0 aliphatic rings. The second kappa shape index (κ2) is 7.26. The van der Waals surface area contributed by atoms with Gasteiger partial charge >= 0.3 is 5.97 Å². The summed E-state index contributed by atoms with van der Waals surface area (Å²) < 4.78 is 27.8. The number of aliphatic carboxylic acids is 1. The molecule has 0 heterocycles. The highest BCUT2D eigenvalue weighted by Crippen LogP contribution is 2.32. The minimum Gasteiger partial charge on any atom is -0.480 e. The molecule has 0 saturated heterocycles. The van der Waals surface area contributed by atoms with E-state index in [9.17, 15) is 18.3 Å². The third kappa shape index (κ3) is 3.70. The molecule has 8 heteroatoms. The Morgan fingerprint density at radius 2 is 1.77 bits per heavy atom. The topological polar surface area (TPSA) is 74.7 Å². The molecule has 0 fully saturated rings. The number of halogens is 2. The fraction of sp³-hybridized carbons (Fsp3) is 0.0556. The summed E-state index contributed by atoms with van der Waals surface area (Å²) in [6.45, 7) is -0.708. The molecule has 3 aromatic rings. The third-order valence-corrected chi connectivity index (χ3v) is 6.15. The molecule has 0 atom stereocenters. The molecule has 0 spiro atoms. The van der Waals surface area contributed by atoms with Crippen molar-refractivity contribution in [3.05, 3.63) is 70.2 Å². The normalized spacial score (nSPS) is 11.5. The maximum Gasteiger partial charge on any atom is 0.324 e. The van der Waals surface area contributed by atoms with Crippen LogP contribution in [0.5, 0.6) is 0 Å². The van der Waals surface area contributed by atoms with Crippen LogP contribution in [0.2, 0.25) is 5.02 Å². The van der Waals surface area contributed by atoms with Crippen LogP contribution in [-0.2, 0) is 14.8 Å². The molecule has 0 aliphatic carbocycles. The van der Waals surface area contributed by atoms with Crippen LogP contribution in [-0.4, -0.2) is 26.0 Å². The zero-order valence-electron chi connectivity index (χ0n) is 13.3. The average molecular weight is 455 g/mol. The molecular formula is C18H13BrClNO4S.